The molecule has 0 aliphatic heterocycles. The topological polar surface area (TPSA) is 64.1 Å². The maximum absolute atomic E-state index is 12.2. The Morgan fingerprint density at radius 3 is 2.65 bits per heavy atom. The molecule has 0 saturated heterocycles. The van der Waals surface area contributed by atoms with E-state index in [1.807, 2.05) is 13.8 Å². The predicted octanol–water partition coefficient (Wildman–Crippen LogP) is 3.17. The van der Waals surface area contributed by atoms with E-state index < -0.39 is 0 Å². The highest BCUT2D eigenvalue weighted by atomic mass is 35.5. The van der Waals surface area contributed by atoms with Gasteiger partial charge in [0.05, 0.1) is 11.7 Å². The van der Waals surface area contributed by atoms with E-state index in [1.54, 1.807) is 30.5 Å². The largest absolute Gasteiger partial charge is 0.473 e. The van der Waals surface area contributed by atoms with Gasteiger partial charge < -0.3 is 10.1 Å². The van der Waals surface area contributed by atoms with Crippen LogP contribution in [0, 0.1) is 0 Å². The number of ether oxygens (including phenoxy) is 1. The summed E-state index contributed by atoms with van der Waals surface area (Å²) in [5, 5.41) is 2.88. The standard InChI is InChI=1S/C14H14ClN3O2/c1-9(2)20-14-11(6-4-8-17-14)18-13(19)10-5-3-7-16-12(10)15/h3-9H,1-2H3,(H,18,19). The van der Waals surface area contributed by atoms with Crippen molar-refractivity contribution in [1.29, 1.82) is 0 Å². The van der Waals surface area contributed by atoms with Gasteiger partial charge in [-0.1, -0.05) is 11.6 Å². The van der Waals surface area contributed by atoms with Crippen molar-refractivity contribution < 1.29 is 9.53 Å². The van der Waals surface area contributed by atoms with Gasteiger partial charge in [0, 0.05) is 12.4 Å². The molecule has 2 rings (SSSR count). The Hall–Kier alpha value is -2.14. The van der Waals surface area contributed by atoms with Crippen molar-refractivity contribution in [1.82, 2.24) is 9.97 Å². The number of amides is 1. The molecule has 5 nitrogen and oxygen atoms in total. The Kier molecular flexibility index (Phi) is 4.53. The average Bonchev–Trinajstić information content (AvgIpc) is 2.41. The van der Waals surface area contributed by atoms with Gasteiger partial charge in [-0.25, -0.2) is 9.97 Å². The van der Waals surface area contributed by atoms with Crippen molar-refractivity contribution >= 4 is 23.2 Å². The third-order valence-corrected chi connectivity index (χ3v) is 2.67. The van der Waals surface area contributed by atoms with Gasteiger partial charge in [0.1, 0.15) is 10.8 Å². The Labute approximate surface area is 122 Å². The lowest BCUT2D eigenvalue weighted by Crippen LogP contribution is -2.15. The van der Waals surface area contributed by atoms with E-state index in [-0.39, 0.29) is 17.2 Å². The molecule has 0 spiro atoms. The van der Waals surface area contributed by atoms with E-state index in [0.29, 0.717) is 17.1 Å². The molecular weight excluding hydrogens is 278 g/mol. The number of anilines is 1. The fourth-order valence-electron chi connectivity index (χ4n) is 1.55. The van der Waals surface area contributed by atoms with Crippen LogP contribution >= 0.6 is 11.6 Å². The average molecular weight is 292 g/mol. The monoisotopic (exact) mass is 291 g/mol. The van der Waals surface area contributed by atoms with Crippen LogP contribution in [0.15, 0.2) is 36.7 Å². The Bertz CT molecular complexity index is 617. The van der Waals surface area contributed by atoms with Gasteiger partial charge in [-0.3, -0.25) is 4.79 Å². The van der Waals surface area contributed by atoms with Crippen LogP contribution < -0.4 is 10.1 Å². The van der Waals surface area contributed by atoms with E-state index in [9.17, 15) is 4.79 Å². The minimum absolute atomic E-state index is 0.0393. The molecular formula is C14H14ClN3O2. The summed E-state index contributed by atoms with van der Waals surface area (Å²) in [5.74, 6) is 0.0144. The molecule has 0 aliphatic rings. The smallest absolute Gasteiger partial charge is 0.258 e. The molecule has 0 radical (unpaired) electrons. The number of hydrogen-bond acceptors (Lipinski definition) is 4. The molecule has 6 heteroatoms. The summed E-state index contributed by atoms with van der Waals surface area (Å²) in [7, 11) is 0. The molecule has 0 bridgehead atoms. The number of nitrogens with one attached hydrogen (secondary N) is 1. The molecule has 0 fully saturated rings. The van der Waals surface area contributed by atoms with Crippen molar-refractivity contribution in [2.45, 2.75) is 20.0 Å². The van der Waals surface area contributed by atoms with Crippen LogP contribution in [0.3, 0.4) is 0 Å². The van der Waals surface area contributed by atoms with Crippen molar-refractivity contribution in [3.8, 4) is 5.88 Å². The molecule has 0 saturated carbocycles. The summed E-state index contributed by atoms with van der Waals surface area (Å²) in [6, 6.07) is 6.68. The Morgan fingerprint density at radius 1 is 1.25 bits per heavy atom. The number of pyridine rings is 2. The molecule has 1 N–H and O–H groups in total. The molecule has 0 unspecified atom stereocenters. The van der Waals surface area contributed by atoms with Crippen molar-refractivity contribution in [2.75, 3.05) is 5.32 Å². The maximum Gasteiger partial charge on any atom is 0.258 e. The van der Waals surface area contributed by atoms with Crippen LogP contribution in [0.1, 0.15) is 24.2 Å². The van der Waals surface area contributed by atoms with Gasteiger partial charge in [0.2, 0.25) is 5.88 Å². The predicted molar refractivity (Wildman–Crippen MR) is 77.2 cm³/mol. The van der Waals surface area contributed by atoms with Crippen LogP contribution in [0.2, 0.25) is 5.15 Å². The maximum atomic E-state index is 12.2. The highest BCUT2D eigenvalue weighted by Gasteiger charge is 2.14. The number of carbonyl (C=O) groups excluding carboxylic acids is 1. The second kappa shape index (κ2) is 6.34. The fourth-order valence-corrected chi connectivity index (χ4v) is 1.75. The number of aromatic nitrogens is 2. The van der Waals surface area contributed by atoms with Crippen molar-refractivity contribution in [2.24, 2.45) is 0 Å². The van der Waals surface area contributed by atoms with Gasteiger partial charge in [-0.15, -0.1) is 0 Å². The first kappa shape index (κ1) is 14.3. The molecule has 0 aliphatic carbocycles. The summed E-state index contributed by atoms with van der Waals surface area (Å²) >= 11 is 5.89. The highest BCUT2D eigenvalue weighted by molar-refractivity contribution is 6.33. The quantitative estimate of drug-likeness (QED) is 0.879. The highest BCUT2D eigenvalue weighted by Crippen LogP contribution is 2.23. The number of rotatable bonds is 4. The van der Waals surface area contributed by atoms with E-state index >= 15 is 0 Å². The van der Waals surface area contributed by atoms with Crippen LogP contribution in [0.4, 0.5) is 5.69 Å². The van der Waals surface area contributed by atoms with Crippen molar-refractivity contribution in [3.05, 3.63) is 47.4 Å². The van der Waals surface area contributed by atoms with Crippen molar-refractivity contribution in [3.63, 3.8) is 0 Å². The van der Waals surface area contributed by atoms with Crippen LogP contribution in [-0.2, 0) is 0 Å². The van der Waals surface area contributed by atoms with Gasteiger partial charge in [0.25, 0.3) is 5.91 Å². The van der Waals surface area contributed by atoms with E-state index in [0.717, 1.165) is 0 Å². The lowest BCUT2D eigenvalue weighted by Gasteiger charge is -2.13. The van der Waals surface area contributed by atoms with Crippen LogP contribution in [0.5, 0.6) is 5.88 Å². The summed E-state index contributed by atoms with van der Waals surface area (Å²) in [6.45, 7) is 3.77. The zero-order valence-electron chi connectivity index (χ0n) is 11.1. The second-order valence-corrected chi connectivity index (χ2v) is 4.68. The summed E-state index contributed by atoms with van der Waals surface area (Å²) in [4.78, 5) is 20.1. The SMILES string of the molecule is CC(C)Oc1ncccc1NC(=O)c1cccnc1Cl. The molecule has 0 aromatic carbocycles. The number of nitrogens with zero attached hydrogens (tertiary/aromatic N) is 2. The lowest BCUT2D eigenvalue weighted by atomic mass is 10.2. The number of hydrogen-bond donors (Lipinski definition) is 1. The summed E-state index contributed by atoms with van der Waals surface area (Å²) < 4.78 is 5.54. The summed E-state index contributed by atoms with van der Waals surface area (Å²) in [5.41, 5.74) is 0.791. The van der Waals surface area contributed by atoms with E-state index in [2.05, 4.69) is 15.3 Å². The van der Waals surface area contributed by atoms with Gasteiger partial charge in [-0.05, 0) is 38.1 Å². The first-order valence-electron chi connectivity index (χ1n) is 6.11. The molecule has 2 aromatic heterocycles. The van der Waals surface area contributed by atoms with Gasteiger partial charge in [-0.2, -0.15) is 0 Å². The second-order valence-electron chi connectivity index (χ2n) is 4.32. The minimum atomic E-state index is -0.357. The first-order chi connectivity index (χ1) is 9.58. The third kappa shape index (κ3) is 3.45. The van der Waals surface area contributed by atoms with Crippen LogP contribution in [-0.4, -0.2) is 22.0 Å². The fraction of sp³-hybridized carbons (Fsp3) is 0.214. The minimum Gasteiger partial charge on any atom is -0.473 e. The molecule has 20 heavy (non-hydrogen) atoms. The Morgan fingerprint density at radius 2 is 1.95 bits per heavy atom. The van der Waals surface area contributed by atoms with E-state index in [1.165, 1.54) is 6.20 Å². The first-order valence-corrected chi connectivity index (χ1v) is 6.49. The number of halogens is 1. The lowest BCUT2D eigenvalue weighted by molar-refractivity contribution is 0.102. The van der Waals surface area contributed by atoms with Gasteiger partial charge in [0.15, 0.2) is 0 Å². The molecule has 1 amide bonds. The summed E-state index contributed by atoms with van der Waals surface area (Å²) in [6.07, 6.45) is 3.09. The number of carbonyl (C=O) groups is 1. The zero-order valence-corrected chi connectivity index (χ0v) is 11.9. The van der Waals surface area contributed by atoms with Gasteiger partial charge >= 0.3 is 0 Å². The molecule has 2 heterocycles. The zero-order chi connectivity index (χ0) is 14.5. The van der Waals surface area contributed by atoms with Crippen LogP contribution in [0.25, 0.3) is 0 Å². The molecule has 104 valence electrons. The normalized spacial score (nSPS) is 10.4. The van der Waals surface area contributed by atoms with E-state index in [4.69, 9.17) is 16.3 Å². The molecule has 0 atom stereocenters. The molecule has 2 aromatic rings. The third-order valence-electron chi connectivity index (χ3n) is 2.37. The Balaban J connectivity index is 2.22.